The van der Waals surface area contributed by atoms with E-state index >= 15 is 0 Å². The topological polar surface area (TPSA) is 47.4 Å². The van der Waals surface area contributed by atoms with Crippen LogP contribution in [0, 0.1) is 5.92 Å². The lowest BCUT2D eigenvalue weighted by Crippen LogP contribution is -2.35. The summed E-state index contributed by atoms with van der Waals surface area (Å²) in [7, 11) is 1.65. The van der Waals surface area contributed by atoms with Gasteiger partial charge in [0, 0.05) is 44.2 Å². The Balaban J connectivity index is 2.15. The number of ether oxygens (including phenoxy) is 1. The number of nitrogens with zero attached hydrogens (tertiary/aromatic N) is 3. The Hall–Kier alpha value is -2.40. The van der Waals surface area contributed by atoms with E-state index in [-0.39, 0.29) is 5.91 Å². The van der Waals surface area contributed by atoms with Crippen molar-refractivity contribution < 1.29 is 9.53 Å². The summed E-state index contributed by atoms with van der Waals surface area (Å²) >= 11 is 0. The van der Waals surface area contributed by atoms with Gasteiger partial charge in [-0.25, -0.2) is 4.68 Å². The summed E-state index contributed by atoms with van der Waals surface area (Å²) in [4.78, 5) is 14.3. The van der Waals surface area contributed by atoms with Crippen LogP contribution >= 0.6 is 0 Å². The largest absolute Gasteiger partial charge is 0.383 e. The van der Waals surface area contributed by atoms with Gasteiger partial charge in [0.2, 0.25) is 5.91 Å². The first-order valence-electron chi connectivity index (χ1n) is 8.16. The van der Waals surface area contributed by atoms with Gasteiger partial charge in [0.1, 0.15) is 0 Å². The maximum absolute atomic E-state index is 12.5. The predicted molar refractivity (Wildman–Crippen MR) is 95.9 cm³/mol. The Kier molecular flexibility index (Phi) is 6.75. The second kappa shape index (κ2) is 9.03. The smallest absolute Gasteiger partial charge is 0.246 e. The molecule has 0 saturated heterocycles. The van der Waals surface area contributed by atoms with Crippen LogP contribution in [0.2, 0.25) is 0 Å². The molecule has 2 aromatic rings. The van der Waals surface area contributed by atoms with E-state index in [0.29, 0.717) is 25.6 Å². The van der Waals surface area contributed by atoms with Crippen LogP contribution in [0.25, 0.3) is 11.8 Å². The van der Waals surface area contributed by atoms with Gasteiger partial charge >= 0.3 is 0 Å². The van der Waals surface area contributed by atoms with Crippen molar-refractivity contribution in [3.05, 3.63) is 54.4 Å². The number of aromatic nitrogens is 2. The zero-order chi connectivity index (χ0) is 17.4. The molecule has 24 heavy (non-hydrogen) atoms. The van der Waals surface area contributed by atoms with Crippen LogP contribution in [0.15, 0.2) is 48.8 Å². The molecular weight excluding hydrogens is 302 g/mol. The first kappa shape index (κ1) is 17.9. The zero-order valence-corrected chi connectivity index (χ0v) is 14.6. The molecule has 5 heteroatoms. The van der Waals surface area contributed by atoms with E-state index in [9.17, 15) is 4.79 Å². The number of amides is 1. The standard InChI is InChI=1S/C19H25N3O2/c1-16(2)15-21(13-14-24-3)19(23)10-9-17-7-4-5-8-18(17)22-12-6-11-20-22/h4-12,16H,13-15H2,1-3H3/b10-9+. The average Bonchev–Trinajstić information content (AvgIpc) is 3.10. The van der Waals surface area contributed by atoms with Crippen LogP contribution in [0.3, 0.4) is 0 Å². The lowest BCUT2D eigenvalue weighted by molar-refractivity contribution is -0.127. The van der Waals surface area contributed by atoms with E-state index in [1.807, 2.05) is 47.5 Å². The van der Waals surface area contributed by atoms with Crippen molar-refractivity contribution in [2.75, 3.05) is 26.8 Å². The number of hydrogen-bond donors (Lipinski definition) is 0. The second-order valence-corrected chi connectivity index (χ2v) is 6.01. The molecule has 0 aliphatic carbocycles. The van der Waals surface area contributed by atoms with E-state index < -0.39 is 0 Å². The molecule has 0 N–H and O–H groups in total. The summed E-state index contributed by atoms with van der Waals surface area (Å²) in [6.45, 7) is 6.05. The van der Waals surface area contributed by atoms with Crippen molar-refractivity contribution in [3.8, 4) is 5.69 Å². The Labute approximate surface area is 143 Å². The highest BCUT2D eigenvalue weighted by Crippen LogP contribution is 2.15. The van der Waals surface area contributed by atoms with Crippen LogP contribution < -0.4 is 0 Å². The number of para-hydroxylation sites is 1. The third-order valence-corrected chi connectivity index (χ3v) is 3.56. The highest BCUT2D eigenvalue weighted by Gasteiger charge is 2.12. The molecule has 0 spiro atoms. The highest BCUT2D eigenvalue weighted by molar-refractivity contribution is 5.92. The van der Waals surface area contributed by atoms with Gasteiger partial charge in [-0.3, -0.25) is 4.79 Å². The van der Waals surface area contributed by atoms with Crippen LogP contribution in [0.1, 0.15) is 19.4 Å². The molecule has 0 aliphatic rings. The van der Waals surface area contributed by atoms with E-state index in [1.165, 1.54) is 0 Å². The van der Waals surface area contributed by atoms with E-state index in [1.54, 1.807) is 24.1 Å². The van der Waals surface area contributed by atoms with Gasteiger partial charge in [-0.15, -0.1) is 0 Å². The molecule has 1 amide bonds. The first-order valence-corrected chi connectivity index (χ1v) is 8.16. The third-order valence-electron chi connectivity index (χ3n) is 3.56. The molecule has 0 bridgehead atoms. The zero-order valence-electron chi connectivity index (χ0n) is 14.6. The van der Waals surface area contributed by atoms with Crippen LogP contribution in [-0.2, 0) is 9.53 Å². The minimum absolute atomic E-state index is 0.00369. The van der Waals surface area contributed by atoms with E-state index in [2.05, 4.69) is 18.9 Å². The maximum Gasteiger partial charge on any atom is 0.246 e. The minimum atomic E-state index is -0.00369. The molecule has 128 valence electrons. The van der Waals surface area contributed by atoms with Crippen LogP contribution in [0.5, 0.6) is 0 Å². The van der Waals surface area contributed by atoms with Crippen molar-refractivity contribution in [3.63, 3.8) is 0 Å². The fraction of sp³-hybridized carbons (Fsp3) is 0.368. The molecule has 0 fully saturated rings. The average molecular weight is 327 g/mol. The number of rotatable bonds is 8. The van der Waals surface area contributed by atoms with Gasteiger partial charge in [0.15, 0.2) is 0 Å². The minimum Gasteiger partial charge on any atom is -0.383 e. The number of benzene rings is 1. The summed E-state index contributed by atoms with van der Waals surface area (Å²) in [5.41, 5.74) is 1.89. The van der Waals surface area contributed by atoms with Gasteiger partial charge in [0.05, 0.1) is 12.3 Å². The molecule has 5 nitrogen and oxygen atoms in total. The van der Waals surface area contributed by atoms with Crippen LogP contribution in [0.4, 0.5) is 0 Å². The Morgan fingerprint density at radius 3 is 2.79 bits per heavy atom. The summed E-state index contributed by atoms with van der Waals surface area (Å²) < 4.78 is 6.90. The molecule has 2 rings (SSSR count). The molecule has 1 heterocycles. The Morgan fingerprint density at radius 1 is 1.33 bits per heavy atom. The molecule has 0 radical (unpaired) electrons. The van der Waals surface area contributed by atoms with Gasteiger partial charge < -0.3 is 9.64 Å². The van der Waals surface area contributed by atoms with Crippen molar-refractivity contribution in [1.82, 2.24) is 14.7 Å². The van der Waals surface area contributed by atoms with E-state index in [4.69, 9.17) is 4.74 Å². The maximum atomic E-state index is 12.5. The van der Waals surface area contributed by atoms with Crippen molar-refractivity contribution in [2.24, 2.45) is 5.92 Å². The highest BCUT2D eigenvalue weighted by atomic mass is 16.5. The lowest BCUT2D eigenvalue weighted by Gasteiger charge is -2.22. The van der Waals surface area contributed by atoms with Crippen molar-refractivity contribution in [2.45, 2.75) is 13.8 Å². The Bertz CT molecular complexity index is 663. The van der Waals surface area contributed by atoms with Gasteiger partial charge in [-0.05, 0) is 24.1 Å². The monoisotopic (exact) mass is 327 g/mol. The molecule has 0 saturated carbocycles. The molecule has 1 aromatic heterocycles. The molecule has 0 unspecified atom stereocenters. The summed E-state index contributed by atoms with van der Waals surface area (Å²) in [6, 6.07) is 9.74. The predicted octanol–water partition coefficient (Wildman–Crippen LogP) is 3.02. The van der Waals surface area contributed by atoms with Gasteiger partial charge in [0.25, 0.3) is 0 Å². The third kappa shape index (κ3) is 5.06. The first-order chi connectivity index (χ1) is 11.6. The Morgan fingerprint density at radius 2 is 2.12 bits per heavy atom. The fourth-order valence-electron chi connectivity index (χ4n) is 2.45. The fourth-order valence-corrected chi connectivity index (χ4v) is 2.45. The lowest BCUT2D eigenvalue weighted by atomic mass is 10.1. The van der Waals surface area contributed by atoms with Gasteiger partial charge in [-0.1, -0.05) is 32.0 Å². The van der Waals surface area contributed by atoms with Crippen LogP contribution in [-0.4, -0.2) is 47.4 Å². The van der Waals surface area contributed by atoms with Crippen molar-refractivity contribution >= 4 is 12.0 Å². The summed E-state index contributed by atoms with van der Waals surface area (Å²) in [6.07, 6.45) is 7.10. The molecule has 0 atom stereocenters. The molecule has 0 aliphatic heterocycles. The normalized spacial score (nSPS) is 11.3. The number of carbonyl (C=O) groups is 1. The molecular formula is C19H25N3O2. The number of methoxy groups -OCH3 is 1. The number of hydrogen-bond acceptors (Lipinski definition) is 3. The summed E-state index contributed by atoms with van der Waals surface area (Å²) in [5, 5.41) is 4.26. The van der Waals surface area contributed by atoms with Crippen molar-refractivity contribution in [1.29, 1.82) is 0 Å². The SMILES string of the molecule is COCCN(CC(C)C)C(=O)/C=C/c1ccccc1-n1cccn1. The van der Waals surface area contributed by atoms with Gasteiger partial charge in [-0.2, -0.15) is 5.10 Å². The number of carbonyl (C=O) groups excluding carboxylic acids is 1. The quantitative estimate of drug-likeness (QED) is 0.700. The summed E-state index contributed by atoms with van der Waals surface area (Å²) in [5.74, 6) is 0.409. The molecule has 1 aromatic carbocycles. The van der Waals surface area contributed by atoms with E-state index in [0.717, 1.165) is 11.3 Å². The second-order valence-electron chi connectivity index (χ2n) is 6.01.